The average molecular weight is 347 g/mol. The maximum absolute atomic E-state index is 12.2. The molecule has 0 aliphatic carbocycles. The molecule has 0 radical (unpaired) electrons. The van der Waals surface area contributed by atoms with Crippen LogP contribution in [0.3, 0.4) is 0 Å². The number of hydrogen-bond donors (Lipinski definition) is 1. The molecule has 1 amide bonds. The minimum absolute atomic E-state index is 0.0697. The van der Waals surface area contributed by atoms with Crippen molar-refractivity contribution in [2.24, 2.45) is 0 Å². The molecule has 1 N–H and O–H groups in total. The van der Waals surface area contributed by atoms with Crippen LogP contribution in [0, 0.1) is 10.1 Å². The Kier molecular flexibility index (Phi) is 4.94. The molecule has 0 aliphatic rings. The lowest BCUT2D eigenvalue weighted by Crippen LogP contribution is -2.23. The SMILES string of the molecule is O=C(NCc1cc([N+](=O)[O-])ccc1[O-])c1ccc(-c2ccccc2)cc1. The molecule has 3 aromatic rings. The first-order valence-electron chi connectivity index (χ1n) is 7.92. The molecule has 0 bridgehead atoms. The highest BCUT2D eigenvalue weighted by atomic mass is 16.6. The van der Waals surface area contributed by atoms with Crippen LogP contribution >= 0.6 is 0 Å². The van der Waals surface area contributed by atoms with Crippen molar-refractivity contribution in [1.82, 2.24) is 5.32 Å². The van der Waals surface area contributed by atoms with Gasteiger partial charge in [0, 0.05) is 24.2 Å². The van der Waals surface area contributed by atoms with Crippen LogP contribution in [0.25, 0.3) is 11.1 Å². The minimum Gasteiger partial charge on any atom is -0.872 e. The van der Waals surface area contributed by atoms with Gasteiger partial charge in [-0.05, 0) is 28.8 Å². The zero-order valence-electron chi connectivity index (χ0n) is 13.7. The number of rotatable bonds is 5. The Labute approximate surface area is 149 Å². The minimum atomic E-state index is -0.576. The van der Waals surface area contributed by atoms with E-state index < -0.39 is 4.92 Å². The third kappa shape index (κ3) is 3.87. The number of carbonyl (C=O) groups is 1. The zero-order chi connectivity index (χ0) is 18.5. The summed E-state index contributed by atoms with van der Waals surface area (Å²) in [6.07, 6.45) is 0. The fraction of sp³-hybridized carbons (Fsp3) is 0.0500. The summed E-state index contributed by atoms with van der Waals surface area (Å²) in [6, 6.07) is 20.3. The van der Waals surface area contributed by atoms with E-state index in [-0.39, 0.29) is 29.5 Å². The summed E-state index contributed by atoms with van der Waals surface area (Å²) in [5.41, 5.74) is 2.48. The predicted molar refractivity (Wildman–Crippen MR) is 95.6 cm³/mol. The average Bonchev–Trinajstić information content (AvgIpc) is 2.67. The molecule has 26 heavy (non-hydrogen) atoms. The lowest BCUT2D eigenvalue weighted by molar-refractivity contribution is -0.385. The highest BCUT2D eigenvalue weighted by Gasteiger charge is 2.09. The summed E-state index contributed by atoms with van der Waals surface area (Å²) in [7, 11) is 0. The van der Waals surface area contributed by atoms with Gasteiger partial charge < -0.3 is 10.4 Å². The van der Waals surface area contributed by atoms with Gasteiger partial charge in [0.05, 0.1) is 4.92 Å². The summed E-state index contributed by atoms with van der Waals surface area (Å²) < 4.78 is 0. The second-order valence-corrected chi connectivity index (χ2v) is 5.68. The van der Waals surface area contributed by atoms with E-state index in [1.54, 1.807) is 12.1 Å². The van der Waals surface area contributed by atoms with Crippen molar-refractivity contribution in [1.29, 1.82) is 0 Å². The van der Waals surface area contributed by atoms with Crippen molar-refractivity contribution in [3.8, 4) is 16.9 Å². The third-order valence-electron chi connectivity index (χ3n) is 3.95. The van der Waals surface area contributed by atoms with Crippen LogP contribution in [0.4, 0.5) is 5.69 Å². The molecule has 130 valence electrons. The molecule has 3 rings (SSSR count). The largest absolute Gasteiger partial charge is 0.872 e. The first-order valence-corrected chi connectivity index (χ1v) is 7.92. The molecule has 3 aromatic carbocycles. The van der Waals surface area contributed by atoms with Crippen LogP contribution < -0.4 is 10.4 Å². The van der Waals surface area contributed by atoms with Crippen LogP contribution in [0.15, 0.2) is 72.8 Å². The molecule has 6 nitrogen and oxygen atoms in total. The summed E-state index contributed by atoms with van der Waals surface area (Å²) in [6.45, 7) is -0.0697. The normalized spacial score (nSPS) is 10.3. The van der Waals surface area contributed by atoms with E-state index in [9.17, 15) is 20.0 Å². The van der Waals surface area contributed by atoms with Crippen LogP contribution in [0.5, 0.6) is 5.75 Å². The molecule has 0 unspecified atom stereocenters. The topological polar surface area (TPSA) is 95.3 Å². The van der Waals surface area contributed by atoms with Gasteiger partial charge in [0.15, 0.2) is 0 Å². The number of benzene rings is 3. The number of nitrogens with one attached hydrogen (secondary N) is 1. The number of carbonyl (C=O) groups excluding carboxylic acids is 1. The Morgan fingerprint density at radius 1 is 0.923 bits per heavy atom. The van der Waals surface area contributed by atoms with Gasteiger partial charge in [-0.2, -0.15) is 0 Å². The van der Waals surface area contributed by atoms with Gasteiger partial charge in [0.2, 0.25) is 0 Å². The van der Waals surface area contributed by atoms with Crippen molar-refractivity contribution in [2.75, 3.05) is 0 Å². The molecule has 0 aromatic heterocycles. The maximum atomic E-state index is 12.2. The molecular weight excluding hydrogens is 332 g/mol. The van der Waals surface area contributed by atoms with Crippen LogP contribution in [0.2, 0.25) is 0 Å². The predicted octanol–water partition coefficient (Wildman–Crippen LogP) is 3.27. The van der Waals surface area contributed by atoms with Gasteiger partial charge in [0.25, 0.3) is 11.6 Å². The van der Waals surface area contributed by atoms with Crippen molar-refractivity contribution in [2.45, 2.75) is 6.54 Å². The molecule has 0 saturated carbocycles. The van der Waals surface area contributed by atoms with Gasteiger partial charge in [0.1, 0.15) is 0 Å². The first-order chi connectivity index (χ1) is 12.5. The van der Waals surface area contributed by atoms with Gasteiger partial charge in [-0.3, -0.25) is 14.9 Å². The summed E-state index contributed by atoms with van der Waals surface area (Å²) in [4.78, 5) is 22.5. The van der Waals surface area contributed by atoms with Crippen molar-refractivity contribution in [3.05, 3.63) is 94.0 Å². The van der Waals surface area contributed by atoms with Crippen LogP contribution in [-0.2, 0) is 6.54 Å². The van der Waals surface area contributed by atoms with E-state index >= 15 is 0 Å². The standard InChI is InChI=1S/C20H16N2O4/c23-19-11-10-18(22(25)26)12-17(19)13-21-20(24)16-8-6-15(7-9-16)14-4-2-1-3-5-14/h1-12,23H,13H2,(H,21,24)/p-1. The van der Waals surface area contributed by atoms with Gasteiger partial charge >= 0.3 is 0 Å². The summed E-state index contributed by atoms with van der Waals surface area (Å²) >= 11 is 0. The molecule has 0 atom stereocenters. The van der Waals surface area contributed by atoms with Crippen molar-refractivity contribution >= 4 is 11.6 Å². The quantitative estimate of drug-likeness (QED) is 0.566. The van der Waals surface area contributed by atoms with Gasteiger partial charge in [-0.15, -0.1) is 5.75 Å². The lowest BCUT2D eigenvalue weighted by Gasteiger charge is -2.13. The van der Waals surface area contributed by atoms with E-state index in [2.05, 4.69) is 5.32 Å². The smallest absolute Gasteiger partial charge is 0.269 e. The van der Waals surface area contributed by atoms with Crippen LogP contribution in [0.1, 0.15) is 15.9 Å². The molecule has 0 heterocycles. The Bertz CT molecular complexity index is 938. The molecule has 0 aliphatic heterocycles. The van der Waals surface area contributed by atoms with Crippen molar-refractivity contribution in [3.63, 3.8) is 0 Å². The third-order valence-corrected chi connectivity index (χ3v) is 3.95. The van der Waals surface area contributed by atoms with E-state index in [1.165, 1.54) is 6.07 Å². The number of nitro benzene ring substituents is 1. The highest BCUT2D eigenvalue weighted by Crippen LogP contribution is 2.21. The van der Waals surface area contributed by atoms with Gasteiger partial charge in [-0.1, -0.05) is 48.5 Å². The fourth-order valence-electron chi connectivity index (χ4n) is 2.54. The fourth-order valence-corrected chi connectivity index (χ4v) is 2.54. The van der Waals surface area contributed by atoms with E-state index in [0.717, 1.165) is 23.3 Å². The number of amides is 1. The monoisotopic (exact) mass is 347 g/mol. The summed E-state index contributed by atoms with van der Waals surface area (Å²) in [5, 5.41) is 25.2. The molecule has 0 fully saturated rings. The van der Waals surface area contributed by atoms with E-state index in [4.69, 9.17) is 0 Å². The zero-order valence-corrected chi connectivity index (χ0v) is 13.7. The van der Waals surface area contributed by atoms with Crippen molar-refractivity contribution < 1.29 is 14.8 Å². The Morgan fingerprint density at radius 3 is 2.23 bits per heavy atom. The second-order valence-electron chi connectivity index (χ2n) is 5.68. The Hall–Kier alpha value is -3.67. The Balaban J connectivity index is 1.69. The first kappa shape index (κ1) is 17.2. The number of nitrogens with zero attached hydrogens (tertiary/aromatic N) is 1. The Morgan fingerprint density at radius 2 is 1.58 bits per heavy atom. The lowest BCUT2D eigenvalue weighted by atomic mass is 10.0. The molecule has 0 saturated heterocycles. The molecule has 6 heteroatoms. The second kappa shape index (κ2) is 7.48. The van der Waals surface area contributed by atoms with E-state index in [0.29, 0.717) is 5.56 Å². The molecule has 0 spiro atoms. The maximum Gasteiger partial charge on any atom is 0.269 e. The van der Waals surface area contributed by atoms with Gasteiger partial charge in [-0.25, -0.2) is 0 Å². The number of non-ortho nitro benzene ring substituents is 1. The summed E-state index contributed by atoms with van der Waals surface area (Å²) in [5.74, 6) is -0.703. The van der Waals surface area contributed by atoms with Crippen LogP contribution in [-0.4, -0.2) is 10.8 Å². The molecular formula is C20H15N2O4-. The number of nitro groups is 1. The highest BCUT2D eigenvalue weighted by molar-refractivity contribution is 5.94. The number of hydrogen-bond acceptors (Lipinski definition) is 4. The van der Waals surface area contributed by atoms with E-state index in [1.807, 2.05) is 42.5 Å².